The zero-order chi connectivity index (χ0) is 15.3. The van der Waals surface area contributed by atoms with Crippen LogP contribution in [0.1, 0.15) is 13.3 Å². The van der Waals surface area contributed by atoms with E-state index in [1.54, 1.807) is 6.92 Å². The Balaban J connectivity index is 2.77. The molecule has 0 aliphatic rings. The van der Waals surface area contributed by atoms with Crippen molar-refractivity contribution in [3.8, 4) is 5.75 Å². The Hall–Kier alpha value is -1.38. The molecular weight excluding hydrogens is 308 g/mol. The molecule has 0 heterocycles. The van der Waals surface area contributed by atoms with Crippen LogP contribution in [0.2, 0.25) is 5.02 Å². The maximum atomic E-state index is 11.0. The third kappa shape index (κ3) is 5.32. The monoisotopic (exact) mass is 322 g/mol. The minimum absolute atomic E-state index is 0.0633. The van der Waals surface area contributed by atoms with Gasteiger partial charge in [0, 0.05) is 12.0 Å². The molecule has 0 aromatic heterocycles. The normalized spacial score (nSPS) is 12.9. The third-order valence-corrected chi connectivity index (χ3v) is 3.89. The summed E-state index contributed by atoms with van der Waals surface area (Å²) in [5.41, 5.74) is -0.149. The van der Waals surface area contributed by atoms with E-state index in [1.807, 2.05) is 0 Å². The van der Waals surface area contributed by atoms with Crippen LogP contribution >= 0.6 is 11.6 Å². The molecule has 1 rings (SSSR count). The van der Waals surface area contributed by atoms with Crippen molar-refractivity contribution in [3.63, 3.8) is 0 Å². The van der Waals surface area contributed by atoms with Gasteiger partial charge in [0.2, 0.25) is 10.0 Å². The van der Waals surface area contributed by atoms with Crippen LogP contribution in [0.25, 0.3) is 0 Å². The minimum atomic E-state index is -3.59. The van der Waals surface area contributed by atoms with Crippen LogP contribution < -0.4 is 9.88 Å². The van der Waals surface area contributed by atoms with Crippen molar-refractivity contribution < 1.29 is 18.1 Å². The second-order valence-electron chi connectivity index (χ2n) is 4.29. The van der Waals surface area contributed by atoms with Gasteiger partial charge < -0.3 is 4.74 Å². The SMILES string of the molecule is CCC(COc1cc([N+](=O)[O-])ccc1Cl)CS(N)(=O)=O. The molecule has 0 aliphatic carbocycles. The number of rotatable bonds is 7. The summed E-state index contributed by atoms with van der Waals surface area (Å²) in [4.78, 5) is 10.1. The van der Waals surface area contributed by atoms with Gasteiger partial charge in [0.05, 0.1) is 28.4 Å². The summed E-state index contributed by atoms with van der Waals surface area (Å²) >= 11 is 5.87. The maximum absolute atomic E-state index is 11.0. The highest BCUT2D eigenvalue weighted by molar-refractivity contribution is 7.89. The van der Waals surface area contributed by atoms with Gasteiger partial charge in [0.1, 0.15) is 5.75 Å². The van der Waals surface area contributed by atoms with Crippen LogP contribution in [0, 0.1) is 16.0 Å². The first kappa shape index (κ1) is 16.7. The van der Waals surface area contributed by atoms with Crippen molar-refractivity contribution in [2.45, 2.75) is 13.3 Å². The molecule has 0 aliphatic heterocycles. The fourth-order valence-electron chi connectivity index (χ4n) is 1.54. The third-order valence-electron chi connectivity index (χ3n) is 2.65. The summed E-state index contributed by atoms with van der Waals surface area (Å²) < 4.78 is 27.4. The predicted molar refractivity (Wildman–Crippen MR) is 75.4 cm³/mol. The first-order chi connectivity index (χ1) is 9.23. The van der Waals surface area contributed by atoms with Crippen LogP contribution in [0.3, 0.4) is 0 Å². The van der Waals surface area contributed by atoms with Crippen molar-refractivity contribution in [1.82, 2.24) is 0 Å². The molecule has 1 aromatic rings. The topological polar surface area (TPSA) is 113 Å². The molecule has 20 heavy (non-hydrogen) atoms. The number of non-ortho nitro benzene ring substituents is 1. The highest BCUT2D eigenvalue weighted by Gasteiger charge is 2.17. The average Bonchev–Trinajstić information content (AvgIpc) is 2.34. The van der Waals surface area contributed by atoms with E-state index in [0.717, 1.165) is 0 Å². The first-order valence-corrected chi connectivity index (χ1v) is 7.89. The maximum Gasteiger partial charge on any atom is 0.273 e. The zero-order valence-corrected chi connectivity index (χ0v) is 12.4. The number of ether oxygens (including phenoxy) is 1. The number of sulfonamides is 1. The molecule has 0 spiro atoms. The second kappa shape index (κ2) is 6.87. The van der Waals surface area contributed by atoms with Crippen molar-refractivity contribution in [1.29, 1.82) is 0 Å². The van der Waals surface area contributed by atoms with Crippen LogP contribution in [0.15, 0.2) is 18.2 Å². The quantitative estimate of drug-likeness (QED) is 0.609. The van der Waals surface area contributed by atoms with E-state index in [0.29, 0.717) is 6.42 Å². The molecule has 7 nitrogen and oxygen atoms in total. The van der Waals surface area contributed by atoms with E-state index in [4.69, 9.17) is 21.5 Å². The molecule has 0 radical (unpaired) electrons. The van der Waals surface area contributed by atoms with Gasteiger partial charge in [-0.25, -0.2) is 13.6 Å². The predicted octanol–water partition coefficient (Wildman–Crippen LogP) is 1.94. The number of halogens is 1. The van der Waals surface area contributed by atoms with Gasteiger partial charge in [0.25, 0.3) is 5.69 Å². The van der Waals surface area contributed by atoms with Gasteiger partial charge >= 0.3 is 0 Å². The largest absolute Gasteiger partial charge is 0.491 e. The van der Waals surface area contributed by atoms with Crippen molar-refractivity contribution in [3.05, 3.63) is 33.3 Å². The first-order valence-electron chi connectivity index (χ1n) is 5.80. The summed E-state index contributed by atoms with van der Waals surface area (Å²) in [6, 6.07) is 3.82. The van der Waals surface area contributed by atoms with Crippen molar-refractivity contribution >= 4 is 27.3 Å². The van der Waals surface area contributed by atoms with E-state index >= 15 is 0 Å². The van der Waals surface area contributed by atoms with Gasteiger partial charge in [-0.15, -0.1) is 0 Å². The Labute approximate surface area is 121 Å². The van der Waals surface area contributed by atoms with E-state index in [2.05, 4.69) is 0 Å². The van der Waals surface area contributed by atoms with Crippen LogP contribution in [0.5, 0.6) is 5.75 Å². The number of nitrogens with two attached hydrogens (primary N) is 1. The van der Waals surface area contributed by atoms with Gasteiger partial charge in [-0.1, -0.05) is 18.5 Å². The Morgan fingerprint density at radius 1 is 1.50 bits per heavy atom. The van der Waals surface area contributed by atoms with Crippen LogP contribution in [0.4, 0.5) is 5.69 Å². The standard InChI is InChI=1S/C11H15ClN2O5S/c1-2-8(7-20(13,17)18)6-19-11-5-9(14(15)16)3-4-10(11)12/h3-5,8H,2,6-7H2,1H3,(H2,13,17,18). The lowest BCUT2D eigenvalue weighted by Gasteiger charge is -2.15. The zero-order valence-electron chi connectivity index (χ0n) is 10.8. The highest BCUT2D eigenvalue weighted by Crippen LogP contribution is 2.29. The summed E-state index contributed by atoms with van der Waals surface area (Å²) in [5, 5.41) is 15.9. The van der Waals surface area contributed by atoms with Crippen LogP contribution in [-0.2, 0) is 10.0 Å². The molecule has 0 bridgehead atoms. The Morgan fingerprint density at radius 3 is 2.65 bits per heavy atom. The highest BCUT2D eigenvalue weighted by atomic mass is 35.5. The Kier molecular flexibility index (Phi) is 5.73. The molecule has 1 unspecified atom stereocenters. The lowest BCUT2D eigenvalue weighted by molar-refractivity contribution is -0.384. The summed E-state index contributed by atoms with van der Waals surface area (Å²) in [5.74, 6) is -0.371. The van der Waals surface area contributed by atoms with Crippen molar-refractivity contribution in [2.75, 3.05) is 12.4 Å². The number of hydrogen-bond acceptors (Lipinski definition) is 5. The van der Waals surface area contributed by atoms with E-state index in [-0.39, 0.29) is 34.7 Å². The molecule has 112 valence electrons. The molecule has 1 aromatic carbocycles. The molecular formula is C11H15ClN2O5S. The van der Waals surface area contributed by atoms with Gasteiger partial charge in [0.15, 0.2) is 0 Å². The second-order valence-corrected chi connectivity index (χ2v) is 6.35. The number of nitro groups is 1. The number of hydrogen-bond donors (Lipinski definition) is 1. The van der Waals surface area contributed by atoms with E-state index in [9.17, 15) is 18.5 Å². The molecule has 0 saturated heterocycles. The molecule has 0 amide bonds. The summed E-state index contributed by atoms with van der Waals surface area (Å²) in [6.07, 6.45) is 0.545. The lowest BCUT2D eigenvalue weighted by atomic mass is 10.1. The summed E-state index contributed by atoms with van der Waals surface area (Å²) in [6.45, 7) is 1.86. The van der Waals surface area contributed by atoms with Crippen LogP contribution in [-0.4, -0.2) is 25.7 Å². The smallest absolute Gasteiger partial charge is 0.273 e. The molecule has 2 N–H and O–H groups in total. The number of nitrogens with zero attached hydrogens (tertiary/aromatic N) is 1. The number of benzene rings is 1. The van der Waals surface area contributed by atoms with Gasteiger partial charge in [-0.3, -0.25) is 10.1 Å². The average molecular weight is 323 g/mol. The van der Waals surface area contributed by atoms with E-state index < -0.39 is 14.9 Å². The number of primary sulfonamides is 1. The van der Waals surface area contributed by atoms with E-state index in [1.165, 1.54) is 18.2 Å². The fraction of sp³-hybridized carbons (Fsp3) is 0.455. The summed E-state index contributed by atoms with van der Waals surface area (Å²) in [7, 11) is -3.59. The number of nitro benzene ring substituents is 1. The molecule has 0 fully saturated rings. The molecule has 1 atom stereocenters. The molecule has 0 saturated carbocycles. The lowest BCUT2D eigenvalue weighted by Crippen LogP contribution is -2.26. The fourth-order valence-corrected chi connectivity index (χ4v) is 2.70. The molecule has 9 heteroatoms. The van der Waals surface area contributed by atoms with Gasteiger partial charge in [-0.05, 0) is 12.5 Å². The minimum Gasteiger partial charge on any atom is -0.491 e. The van der Waals surface area contributed by atoms with Gasteiger partial charge in [-0.2, -0.15) is 0 Å². The van der Waals surface area contributed by atoms with Crippen molar-refractivity contribution in [2.24, 2.45) is 11.1 Å². The Bertz CT molecular complexity index is 590. The Morgan fingerprint density at radius 2 is 2.15 bits per heavy atom.